The van der Waals surface area contributed by atoms with Crippen molar-refractivity contribution in [2.75, 3.05) is 0 Å². The van der Waals surface area contributed by atoms with Gasteiger partial charge >= 0.3 is 0 Å². The van der Waals surface area contributed by atoms with Gasteiger partial charge in [0.05, 0.1) is 19.5 Å². The Morgan fingerprint density at radius 3 is 2.23 bits per heavy atom. The first-order valence-electron chi connectivity index (χ1n) is 15.5. The monoisotopic (exact) mass is 771 g/mol. The summed E-state index contributed by atoms with van der Waals surface area (Å²) in [5, 5.41) is 16.3. The molecule has 0 saturated heterocycles. The van der Waals surface area contributed by atoms with Gasteiger partial charge < -0.3 is 13.9 Å². The van der Waals surface area contributed by atoms with Crippen molar-refractivity contribution in [1.29, 1.82) is 0 Å². The van der Waals surface area contributed by atoms with E-state index in [4.69, 9.17) is 4.98 Å². The minimum absolute atomic E-state index is 0. The van der Waals surface area contributed by atoms with Crippen molar-refractivity contribution in [3.05, 3.63) is 72.3 Å². The molecule has 1 N–H and O–H groups in total. The topological polar surface area (TPSA) is 59.0 Å². The van der Waals surface area contributed by atoms with Crippen LogP contribution in [0.1, 0.15) is 58.9 Å². The molecule has 0 bridgehead atoms. The molecule has 4 heterocycles. The Morgan fingerprint density at radius 1 is 0.953 bits per heavy atom. The van der Waals surface area contributed by atoms with Gasteiger partial charge in [-0.3, -0.25) is 9.78 Å². The predicted molar refractivity (Wildman–Crippen MR) is 180 cm³/mol. The molecular formula is C36H44IrN3O2Si-. The Bertz CT molecular complexity index is 1920. The van der Waals surface area contributed by atoms with Crippen LogP contribution in [0.5, 0.6) is 0 Å². The number of carbonyl (C=O) groups is 1. The van der Waals surface area contributed by atoms with Crippen molar-refractivity contribution in [1.82, 2.24) is 13.8 Å². The van der Waals surface area contributed by atoms with Crippen LogP contribution in [0.3, 0.4) is 0 Å². The first-order chi connectivity index (χ1) is 20.0. The Labute approximate surface area is 269 Å². The molecular weight excluding hydrogens is 727 g/mol. The summed E-state index contributed by atoms with van der Waals surface area (Å²) < 4.78 is 4.59. The maximum Gasteiger partial charge on any atom is 0.162 e. The largest absolute Gasteiger partial charge is 0.512 e. The van der Waals surface area contributed by atoms with Crippen molar-refractivity contribution < 1.29 is 30.0 Å². The summed E-state index contributed by atoms with van der Waals surface area (Å²) in [5.41, 5.74) is 5.89. The van der Waals surface area contributed by atoms with Gasteiger partial charge in [-0.2, -0.15) is 0 Å². The second kappa shape index (κ2) is 12.9. The SMILES string of the molecule is CCC(CC)C(=O)/C=C(\O)C(CC)CC.Cc1[c-]n2c3nccc4cc([Si](C)(C)C)cc(c43)n3c4ccccc4c1c23.[Ir]. The molecule has 1 radical (unpaired) electrons. The van der Waals surface area contributed by atoms with Gasteiger partial charge in [-0.1, -0.05) is 95.3 Å². The van der Waals surface area contributed by atoms with Crippen LogP contribution in [-0.2, 0) is 24.9 Å². The van der Waals surface area contributed by atoms with Crippen LogP contribution >= 0.6 is 0 Å². The quantitative estimate of drug-likeness (QED) is 0.0728. The first-order valence-corrected chi connectivity index (χ1v) is 19.0. The number of allylic oxidation sites excluding steroid dienone is 2. The normalized spacial score (nSPS) is 12.7. The third-order valence-electron chi connectivity index (χ3n) is 8.94. The van der Waals surface area contributed by atoms with E-state index in [1.807, 2.05) is 33.9 Å². The van der Waals surface area contributed by atoms with Crippen molar-refractivity contribution in [3.63, 3.8) is 0 Å². The maximum atomic E-state index is 11.7. The van der Waals surface area contributed by atoms with E-state index in [0.29, 0.717) is 0 Å². The van der Waals surface area contributed by atoms with E-state index in [-0.39, 0.29) is 43.5 Å². The summed E-state index contributed by atoms with van der Waals surface area (Å²) in [6.45, 7) is 17.5. The fourth-order valence-electron chi connectivity index (χ4n) is 6.32. The van der Waals surface area contributed by atoms with E-state index in [9.17, 15) is 9.90 Å². The molecule has 229 valence electrons. The van der Waals surface area contributed by atoms with Crippen LogP contribution in [0.4, 0.5) is 0 Å². The number of pyridine rings is 1. The number of ketones is 1. The number of aliphatic hydroxyl groups is 1. The molecule has 0 unspecified atom stereocenters. The van der Waals surface area contributed by atoms with Crippen LogP contribution in [0.15, 0.2) is 60.5 Å². The molecule has 0 aliphatic rings. The third kappa shape index (κ3) is 5.80. The Kier molecular flexibility index (Phi) is 9.90. The minimum Gasteiger partial charge on any atom is -0.512 e. The molecule has 0 fully saturated rings. The summed E-state index contributed by atoms with van der Waals surface area (Å²) in [6, 6.07) is 15.6. The van der Waals surface area contributed by atoms with Crippen LogP contribution in [0.2, 0.25) is 19.6 Å². The maximum absolute atomic E-state index is 11.7. The summed E-state index contributed by atoms with van der Waals surface area (Å²) in [4.78, 5) is 16.5. The van der Waals surface area contributed by atoms with E-state index in [1.54, 1.807) is 0 Å². The smallest absolute Gasteiger partial charge is 0.162 e. The van der Waals surface area contributed by atoms with Gasteiger partial charge in [-0.05, 0) is 54.7 Å². The molecule has 6 aromatic rings. The Balaban J connectivity index is 0.000000230. The number of benzene rings is 2. The van der Waals surface area contributed by atoms with E-state index >= 15 is 0 Å². The number of rotatable bonds is 8. The molecule has 6 rings (SSSR count). The average molecular weight is 771 g/mol. The minimum atomic E-state index is -1.46. The zero-order valence-electron chi connectivity index (χ0n) is 26.7. The number of aliphatic hydroxyl groups excluding tert-OH is 1. The summed E-state index contributed by atoms with van der Waals surface area (Å²) in [7, 11) is -1.46. The summed E-state index contributed by atoms with van der Waals surface area (Å²) >= 11 is 0. The van der Waals surface area contributed by atoms with E-state index in [2.05, 4.69) is 84.0 Å². The fraction of sp³-hybridized carbons (Fsp3) is 0.389. The van der Waals surface area contributed by atoms with E-state index in [1.165, 1.54) is 55.1 Å². The van der Waals surface area contributed by atoms with Crippen LogP contribution in [0.25, 0.3) is 43.9 Å². The molecule has 0 spiro atoms. The predicted octanol–water partition coefficient (Wildman–Crippen LogP) is 9.01. The molecule has 0 aliphatic carbocycles. The number of hydrogen-bond acceptors (Lipinski definition) is 3. The number of aryl methyl sites for hydroxylation is 1. The van der Waals surface area contributed by atoms with Crippen LogP contribution < -0.4 is 5.19 Å². The van der Waals surface area contributed by atoms with Gasteiger partial charge in [0.1, 0.15) is 0 Å². The average Bonchev–Trinajstić information content (AvgIpc) is 3.49. The molecule has 5 nitrogen and oxygen atoms in total. The van der Waals surface area contributed by atoms with Crippen LogP contribution in [-0.4, -0.2) is 32.7 Å². The van der Waals surface area contributed by atoms with Gasteiger partial charge in [0.25, 0.3) is 0 Å². The van der Waals surface area contributed by atoms with Gasteiger partial charge in [0, 0.05) is 66.3 Å². The Morgan fingerprint density at radius 2 is 1.60 bits per heavy atom. The van der Waals surface area contributed by atoms with Gasteiger partial charge in [0.2, 0.25) is 0 Å². The van der Waals surface area contributed by atoms with Gasteiger partial charge in [-0.25, -0.2) is 0 Å². The first kappa shape index (κ1) is 32.9. The van der Waals surface area contributed by atoms with Crippen molar-refractivity contribution >= 4 is 62.9 Å². The van der Waals surface area contributed by atoms with Crippen molar-refractivity contribution in [3.8, 4) is 0 Å². The van der Waals surface area contributed by atoms with Gasteiger partial charge in [-0.15, -0.1) is 5.56 Å². The molecule has 43 heavy (non-hydrogen) atoms. The van der Waals surface area contributed by atoms with E-state index in [0.717, 1.165) is 31.3 Å². The molecule has 0 aliphatic heterocycles. The number of nitrogens with zero attached hydrogens (tertiary/aromatic N) is 3. The second-order valence-corrected chi connectivity index (χ2v) is 17.7. The molecule has 7 heteroatoms. The molecule has 4 aromatic heterocycles. The number of aromatic nitrogens is 3. The number of para-hydroxylation sites is 1. The van der Waals surface area contributed by atoms with Crippen LogP contribution in [0, 0.1) is 25.0 Å². The van der Waals surface area contributed by atoms with Crippen molar-refractivity contribution in [2.24, 2.45) is 11.8 Å². The molecule has 0 atom stereocenters. The standard InChI is InChI=1S/C23H20N3Si.C13H24O2.Ir/c1-14-13-25-22-21-15(9-10-24-22)11-16(27(2,3)4)12-19(21)26-18-8-6-5-7-17(18)20(14)23(25)26;1-5-10(6-2)12(14)9-13(15)11(7-3)8-4;/h5-12H,1-4H3;9-11,14H,5-8H2,1-4H3;/q-1;;/b;12-9-;. The second-order valence-electron chi connectivity index (χ2n) is 12.6. The molecule has 0 saturated carbocycles. The number of carbonyl (C=O) groups excluding carboxylic acids is 1. The Hall–Kier alpha value is -2.99. The van der Waals surface area contributed by atoms with Crippen molar-refractivity contribution in [2.45, 2.75) is 79.9 Å². The fourth-order valence-corrected chi connectivity index (χ4v) is 7.47. The van der Waals surface area contributed by atoms with Gasteiger partial charge in [0.15, 0.2) is 5.78 Å². The summed E-state index contributed by atoms with van der Waals surface area (Å²) in [5.74, 6) is 0.547. The third-order valence-corrected chi connectivity index (χ3v) is 11.0. The zero-order chi connectivity index (χ0) is 30.3. The number of fused-ring (bicyclic) bond motifs is 5. The molecule has 0 amide bonds. The zero-order valence-corrected chi connectivity index (χ0v) is 30.1. The summed E-state index contributed by atoms with van der Waals surface area (Å²) in [6.07, 6.45) is 10.4. The van der Waals surface area contributed by atoms with E-state index < -0.39 is 8.07 Å². The molecule has 2 aromatic carbocycles. The number of hydrogen-bond donors (Lipinski definition) is 1.